The van der Waals surface area contributed by atoms with Gasteiger partial charge in [-0.3, -0.25) is 0 Å². The molecular weight excluding hydrogens is 222 g/mol. The highest BCUT2D eigenvalue weighted by Gasteiger charge is 2.23. The maximum Gasteiger partial charge on any atom is 0.119 e. The van der Waals surface area contributed by atoms with E-state index in [2.05, 4.69) is 58.0 Å². The summed E-state index contributed by atoms with van der Waals surface area (Å²) in [6.07, 6.45) is 0. The first-order valence-corrected chi connectivity index (χ1v) is 6.74. The summed E-state index contributed by atoms with van der Waals surface area (Å²) in [6, 6.07) is 8.50. The van der Waals surface area contributed by atoms with Crippen molar-refractivity contribution in [2.45, 2.75) is 26.7 Å². The third-order valence-electron chi connectivity index (χ3n) is 3.46. The third kappa shape index (κ3) is 4.02. The Labute approximate surface area is 112 Å². The Bertz CT molecular complexity index is 360. The lowest BCUT2D eigenvalue weighted by atomic mass is 9.79. The summed E-state index contributed by atoms with van der Waals surface area (Å²) in [4.78, 5) is 2.26. The minimum atomic E-state index is 0.572. The van der Waals surface area contributed by atoms with E-state index in [0.717, 1.165) is 12.3 Å². The van der Waals surface area contributed by atoms with Gasteiger partial charge in [-0.2, -0.15) is 0 Å². The molecule has 0 radical (unpaired) electrons. The molecule has 0 aliphatic heterocycles. The highest BCUT2D eigenvalue weighted by Crippen LogP contribution is 2.33. The Morgan fingerprint density at radius 3 is 2.33 bits per heavy atom. The molecule has 1 aromatic rings. The zero-order valence-electron chi connectivity index (χ0n) is 12.6. The number of ether oxygens (including phenoxy) is 1. The SMILES string of the molecule is COc1cccc([C@H](C(C)C)C(C)CN(C)C)c1. The fourth-order valence-corrected chi connectivity index (χ4v) is 2.91. The van der Waals surface area contributed by atoms with Crippen molar-refractivity contribution < 1.29 is 4.74 Å². The van der Waals surface area contributed by atoms with Crippen LogP contribution in [-0.4, -0.2) is 32.6 Å². The molecule has 1 unspecified atom stereocenters. The predicted octanol–water partition coefficient (Wildman–Crippen LogP) is 3.63. The highest BCUT2D eigenvalue weighted by atomic mass is 16.5. The number of hydrogen-bond donors (Lipinski definition) is 0. The van der Waals surface area contributed by atoms with Gasteiger partial charge in [0, 0.05) is 6.54 Å². The van der Waals surface area contributed by atoms with Crippen LogP contribution in [0.1, 0.15) is 32.3 Å². The molecule has 0 saturated carbocycles. The van der Waals surface area contributed by atoms with Crippen LogP contribution in [0.5, 0.6) is 5.75 Å². The Kier molecular flexibility index (Phi) is 5.67. The zero-order chi connectivity index (χ0) is 13.7. The topological polar surface area (TPSA) is 12.5 Å². The molecule has 18 heavy (non-hydrogen) atoms. The summed E-state index contributed by atoms with van der Waals surface area (Å²) in [5, 5.41) is 0. The van der Waals surface area contributed by atoms with E-state index in [9.17, 15) is 0 Å². The monoisotopic (exact) mass is 249 g/mol. The van der Waals surface area contributed by atoms with Crippen molar-refractivity contribution in [2.75, 3.05) is 27.7 Å². The van der Waals surface area contributed by atoms with Crippen molar-refractivity contribution in [3.8, 4) is 5.75 Å². The lowest BCUT2D eigenvalue weighted by Gasteiger charge is -2.30. The van der Waals surface area contributed by atoms with E-state index in [0.29, 0.717) is 17.8 Å². The van der Waals surface area contributed by atoms with Crippen LogP contribution < -0.4 is 4.74 Å². The molecule has 0 fully saturated rings. The van der Waals surface area contributed by atoms with Gasteiger partial charge in [-0.1, -0.05) is 32.9 Å². The van der Waals surface area contributed by atoms with Crippen molar-refractivity contribution in [1.82, 2.24) is 4.90 Å². The van der Waals surface area contributed by atoms with Gasteiger partial charge in [-0.15, -0.1) is 0 Å². The molecule has 102 valence electrons. The normalized spacial score (nSPS) is 14.9. The summed E-state index contributed by atoms with van der Waals surface area (Å²) in [7, 11) is 6.01. The lowest BCUT2D eigenvalue weighted by molar-refractivity contribution is 0.271. The molecular formula is C16H27NO. The van der Waals surface area contributed by atoms with Crippen molar-refractivity contribution in [2.24, 2.45) is 11.8 Å². The summed E-state index contributed by atoms with van der Waals surface area (Å²) in [6.45, 7) is 8.05. The maximum absolute atomic E-state index is 5.34. The molecule has 1 aromatic carbocycles. The van der Waals surface area contributed by atoms with E-state index in [1.54, 1.807) is 7.11 Å². The third-order valence-corrected chi connectivity index (χ3v) is 3.46. The van der Waals surface area contributed by atoms with Gasteiger partial charge in [0.2, 0.25) is 0 Å². The Morgan fingerprint density at radius 2 is 1.83 bits per heavy atom. The molecule has 0 N–H and O–H groups in total. The van der Waals surface area contributed by atoms with Gasteiger partial charge in [0.15, 0.2) is 0 Å². The van der Waals surface area contributed by atoms with E-state index in [1.165, 1.54) is 5.56 Å². The van der Waals surface area contributed by atoms with Gasteiger partial charge in [0.1, 0.15) is 5.75 Å². The summed E-state index contributed by atoms with van der Waals surface area (Å²) >= 11 is 0. The van der Waals surface area contributed by atoms with Crippen LogP contribution >= 0.6 is 0 Å². The van der Waals surface area contributed by atoms with Gasteiger partial charge in [0.25, 0.3) is 0 Å². The molecule has 0 aliphatic rings. The number of rotatable bonds is 6. The first-order valence-electron chi connectivity index (χ1n) is 6.74. The van der Waals surface area contributed by atoms with Gasteiger partial charge in [0.05, 0.1) is 7.11 Å². The largest absolute Gasteiger partial charge is 0.497 e. The number of hydrogen-bond acceptors (Lipinski definition) is 2. The van der Waals surface area contributed by atoms with Crippen LogP contribution in [0.15, 0.2) is 24.3 Å². The number of methoxy groups -OCH3 is 1. The summed E-state index contributed by atoms with van der Waals surface area (Å²) in [5.41, 5.74) is 1.39. The molecule has 2 heteroatoms. The van der Waals surface area contributed by atoms with E-state index in [1.807, 2.05) is 6.07 Å². The number of benzene rings is 1. The molecule has 0 saturated heterocycles. The minimum Gasteiger partial charge on any atom is -0.497 e. The van der Waals surface area contributed by atoms with Crippen LogP contribution in [-0.2, 0) is 0 Å². The molecule has 0 aromatic heterocycles. The van der Waals surface area contributed by atoms with Gasteiger partial charge in [-0.25, -0.2) is 0 Å². The molecule has 0 amide bonds. The smallest absolute Gasteiger partial charge is 0.119 e. The van der Waals surface area contributed by atoms with Crippen molar-refractivity contribution >= 4 is 0 Å². The molecule has 0 aliphatic carbocycles. The van der Waals surface area contributed by atoms with Gasteiger partial charge >= 0.3 is 0 Å². The lowest BCUT2D eigenvalue weighted by Crippen LogP contribution is -2.27. The maximum atomic E-state index is 5.34. The molecule has 0 heterocycles. The minimum absolute atomic E-state index is 0.572. The summed E-state index contributed by atoms with van der Waals surface area (Å²) in [5.74, 6) is 2.79. The molecule has 2 atom stereocenters. The second kappa shape index (κ2) is 6.79. The van der Waals surface area contributed by atoms with Crippen LogP contribution in [0.25, 0.3) is 0 Å². The van der Waals surface area contributed by atoms with Crippen LogP contribution in [0.4, 0.5) is 0 Å². The molecule has 2 nitrogen and oxygen atoms in total. The molecule has 0 bridgehead atoms. The Hall–Kier alpha value is -1.02. The quantitative estimate of drug-likeness (QED) is 0.763. The second-order valence-electron chi connectivity index (χ2n) is 5.79. The first kappa shape index (κ1) is 15.0. The molecule has 1 rings (SSSR count). The van der Waals surface area contributed by atoms with E-state index >= 15 is 0 Å². The van der Waals surface area contributed by atoms with Gasteiger partial charge in [-0.05, 0) is 49.5 Å². The van der Waals surface area contributed by atoms with Crippen LogP contribution in [0.2, 0.25) is 0 Å². The highest BCUT2D eigenvalue weighted by molar-refractivity contribution is 5.31. The first-order chi connectivity index (χ1) is 8.45. The van der Waals surface area contributed by atoms with Crippen molar-refractivity contribution in [3.05, 3.63) is 29.8 Å². The van der Waals surface area contributed by atoms with E-state index < -0.39 is 0 Å². The Morgan fingerprint density at radius 1 is 1.17 bits per heavy atom. The fraction of sp³-hybridized carbons (Fsp3) is 0.625. The van der Waals surface area contributed by atoms with Crippen LogP contribution in [0.3, 0.4) is 0 Å². The van der Waals surface area contributed by atoms with Crippen LogP contribution in [0, 0.1) is 11.8 Å². The average Bonchev–Trinajstić information content (AvgIpc) is 2.28. The van der Waals surface area contributed by atoms with Crippen molar-refractivity contribution in [1.29, 1.82) is 0 Å². The standard InChI is InChI=1S/C16H27NO/c1-12(2)16(13(3)11-17(4)5)14-8-7-9-15(10-14)18-6/h7-10,12-13,16H,11H2,1-6H3/t13?,16-/m1/s1. The molecule has 0 spiro atoms. The average molecular weight is 249 g/mol. The number of nitrogens with zero attached hydrogens (tertiary/aromatic N) is 1. The second-order valence-corrected chi connectivity index (χ2v) is 5.79. The van der Waals surface area contributed by atoms with Gasteiger partial charge < -0.3 is 9.64 Å². The van der Waals surface area contributed by atoms with E-state index in [4.69, 9.17) is 4.74 Å². The summed E-state index contributed by atoms with van der Waals surface area (Å²) < 4.78 is 5.34. The Balaban J connectivity index is 2.96. The van der Waals surface area contributed by atoms with Crippen molar-refractivity contribution in [3.63, 3.8) is 0 Å². The predicted molar refractivity (Wildman–Crippen MR) is 78.3 cm³/mol. The zero-order valence-corrected chi connectivity index (χ0v) is 12.6. The fourth-order valence-electron chi connectivity index (χ4n) is 2.91. The van der Waals surface area contributed by atoms with E-state index in [-0.39, 0.29) is 0 Å².